The Kier molecular flexibility index (Phi) is 7.39. The molecule has 0 N–H and O–H groups in total. The van der Waals surface area contributed by atoms with E-state index >= 15 is 0 Å². The normalized spacial score (nSPS) is 11.9. The molecule has 266 valence electrons. The topological polar surface area (TPSA) is 35.6 Å². The van der Waals surface area contributed by atoms with Gasteiger partial charge in [0.05, 0.1) is 44.5 Å². The van der Waals surface area contributed by atoms with Crippen molar-refractivity contribution in [1.29, 1.82) is 0 Å². The van der Waals surface area contributed by atoms with E-state index in [2.05, 4.69) is 193 Å². The minimum Gasteiger partial charge on any atom is -0.309 e. The third kappa shape index (κ3) is 5.06. The van der Waals surface area contributed by atoms with Gasteiger partial charge in [0.2, 0.25) is 0 Å². The Morgan fingerprint density at radius 1 is 0.375 bits per heavy atom. The van der Waals surface area contributed by atoms with Crippen LogP contribution in [0.1, 0.15) is 25.0 Å². The van der Waals surface area contributed by atoms with Crippen molar-refractivity contribution in [1.82, 2.24) is 19.1 Å². The van der Waals surface area contributed by atoms with Crippen LogP contribution in [-0.2, 0) is 12.8 Å². The van der Waals surface area contributed by atoms with E-state index in [0.717, 1.165) is 68.5 Å². The zero-order valence-corrected chi connectivity index (χ0v) is 31.4. The maximum absolute atomic E-state index is 5.27. The zero-order chi connectivity index (χ0) is 37.3. The van der Waals surface area contributed by atoms with Gasteiger partial charge in [-0.15, -0.1) is 0 Å². The van der Waals surface area contributed by atoms with E-state index in [9.17, 15) is 0 Å². The van der Waals surface area contributed by atoms with Crippen LogP contribution in [0.2, 0.25) is 0 Å². The molecule has 56 heavy (non-hydrogen) atoms. The first kappa shape index (κ1) is 32.4. The summed E-state index contributed by atoms with van der Waals surface area (Å²) < 4.78 is 4.75. The number of aromatic nitrogens is 4. The van der Waals surface area contributed by atoms with Gasteiger partial charge < -0.3 is 9.13 Å². The summed E-state index contributed by atoms with van der Waals surface area (Å²) in [5.74, 6) is 0. The fourth-order valence-corrected chi connectivity index (χ4v) is 8.69. The minimum atomic E-state index is 0.911. The average molecular weight is 719 g/mol. The lowest BCUT2D eigenvalue weighted by Crippen LogP contribution is -1.95. The number of aryl methyl sites for hydroxylation is 2. The number of hydrogen-bond acceptors (Lipinski definition) is 2. The van der Waals surface area contributed by atoms with Crippen LogP contribution in [0.4, 0.5) is 0 Å². The molecule has 0 aliphatic rings. The molecule has 0 bridgehead atoms. The second kappa shape index (κ2) is 12.8. The molecule has 4 nitrogen and oxygen atoms in total. The van der Waals surface area contributed by atoms with Crippen molar-refractivity contribution >= 4 is 65.4 Å². The van der Waals surface area contributed by atoms with E-state index in [-0.39, 0.29) is 0 Å². The highest BCUT2D eigenvalue weighted by Crippen LogP contribution is 2.36. The molecule has 4 heteroatoms. The molecule has 0 radical (unpaired) electrons. The Hall–Kier alpha value is -7.04. The number of hydrogen-bond donors (Lipinski definition) is 0. The average Bonchev–Trinajstić information content (AvgIpc) is 3.78. The lowest BCUT2D eigenvalue weighted by molar-refractivity contribution is 1.14. The van der Waals surface area contributed by atoms with Crippen molar-refractivity contribution in [3.63, 3.8) is 0 Å². The summed E-state index contributed by atoms with van der Waals surface area (Å²) in [5, 5.41) is 7.30. The predicted molar refractivity (Wildman–Crippen MR) is 235 cm³/mol. The van der Waals surface area contributed by atoms with Crippen molar-refractivity contribution in [3.8, 4) is 33.9 Å². The summed E-state index contributed by atoms with van der Waals surface area (Å²) in [5.41, 5.74) is 15.7. The predicted octanol–water partition coefficient (Wildman–Crippen LogP) is 13.4. The maximum Gasteiger partial charge on any atom is 0.0972 e. The van der Waals surface area contributed by atoms with Gasteiger partial charge in [-0.2, -0.15) is 0 Å². The first-order valence-corrected chi connectivity index (χ1v) is 19.6. The first-order chi connectivity index (χ1) is 27.6. The number of fused-ring (bicyclic) bond motifs is 9. The standard InChI is InChI=1S/C52H38N4/c1-3-33-13-29-49-43(31-33)41-9-5-7-11-47(41)55(49)39-23-17-35(18-24-39)45-27-21-37-15-16-38-22-28-46(54-52(38)51(37)53-45)36-19-25-40(26-20-36)56-48-12-8-6-10-42(48)44-32-34(4-2)14-30-50(44)56/h5-32H,3-4H2,1-2H3. The minimum absolute atomic E-state index is 0.911. The number of pyridine rings is 2. The monoisotopic (exact) mass is 718 g/mol. The molecule has 0 aliphatic carbocycles. The van der Waals surface area contributed by atoms with Crippen molar-refractivity contribution in [2.45, 2.75) is 26.7 Å². The highest BCUT2D eigenvalue weighted by atomic mass is 15.0. The fourth-order valence-electron chi connectivity index (χ4n) is 8.69. The molecule has 0 fully saturated rings. The zero-order valence-electron chi connectivity index (χ0n) is 31.4. The van der Waals surface area contributed by atoms with Gasteiger partial charge in [-0.05, 0) is 96.8 Å². The molecule has 0 saturated heterocycles. The Balaban J connectivity index is 0.960. The second-order valence-corrected chi connectivity index (χ2v) is 14.8. The van der Waals surface area contributed by atoms with Gasteiger partial charge in [-0.25, -0.2) is 9.97 Å². The molecule has 0 unspecified atom stereocenters. The van der Waals surface area contributed by atoms with Gasteiger partial charge in [0.1, 0.15) is 0 Å². The molecular formula is C52H38N4. The molecule has 0 saturated carbocycles. The van der Waals surface area contributed by atoms with Crippen LogP contribution in [-0.4, -0.2) is 19.1 Å². The van der Waals surface area contributed by atoms with Crippen LogP contribution in [0, 0.1) is 0 Å². The van der Waals surface area contributed by atoms with E-state index in [1.807, 2.05) is 0 Å². The molecule has 4 heterocycles. The summed E-state index contributed by atoms with van der Waals surface area (Å²) in [4.78, 5) is 10.5. The van der Waals surface area contributed by atoms with Gasteiger partial charge in [-0.1, -0.05) is 111 Å². The van der Waals surface area contributed by atoms with Crippen LogP contribution in [0.5, 0.6) is 0 Å². The third-order valence-electron chi connectivity index (χ3n) is 11.7. The van der Waals surface area contributed by atoms with Gasteiger partial charge in [0.15, 0.2) is 0 Å². The number of para-hydroxylation sites is 2. The Bertz CT molecular complexity index is 3090. The molecular weight excluding hydrogens is 681 g/mol. The molecule has 0 aliphatic heterocycles. The first-order valence-electron chi connectivity index (χ1n) is 19.6. The summed E-state index contributed by atoms with van der Waals surface area (Å²) >= 11 is 0. The van der Waals surface area contributed by atoms with E-state index in [1.54, 1.807) is 0 Å². The summed E-state index contributed by atoms with van der Waals surface area (Å²) in [7, 11) is 0. The van der Waals surface area contributed by atoms with Crippen LogP contribution in [0.15, 0.2) is 170 Å². The highest BCUT2D eigenvalue weighted by Gasteiger charge is 2.15. The second-order valence-electron chi connectivity index (χ2n) is 14.8. The molecule has 0 amide bonds. The van der Waals surface area contributed by atoms with Crippen LogP contribution in [0.25, 0.3) is 99.3 Å². The van der Waals surface area contributed by atoms with E-state index in [4.69, 9.17) is 9.97 Å². The van der Waals surface area contributed by atoms with E-state index in [1.165, 1.54) is 54.7 Å². The Morgan fingerprint density at radius 3 is 1.20 bits per heavy atom. The Labute approximate surface area is 324 Å². The van der Waals surface area contributed by atoms with Crippen LogP contribution in [0.3, 0.4) is 0 Å². The molecule has 11 aromatic rings. The SMILES string of the molecule is CCc1ccc2c(c1)c1ccccc1n2-c1ccc(-c2ccc3ccc4ccc(-c5ccc(-n6c7ccccc7c7cc(CC)ccc76)cc5)nc4c3n2)cc1. The van der Waals surface area contributed by atoms with E-state index in [0.29, 0.717) is 0 Å². The number of benzene rings is 7. The van der Waals surface area contributed by atoms with E-state index < -0.39 is 0 Å². The molecule has 7 aromatic carbocycles. The van der Waals surface area contributed by atoms with Gasteiger partial charge in [0.25, 0.3) is 0 Å². The maximum atomic E-state index is 5.27. The lowest BCUT2D eigenvalue weighted by atomic mass is 10.1. The fraction of sp³-hybridized carbons (Fsp3) is 0.0769. The lowest BCUT2D eigenvalue weighted by Gasteiger charge is -2.11. The van der Waals surface area contributed by atoms with Crippen molar-refractivity contribution in [3.05, 3.63) is 181 Å². The smallest absolute Gasteiger partial charge is 0.0972 e. The summed E-state index contributed by atoms with van der Waals surface area (Å²) in [6.07, 6.45) is 2.04. The number of rotatable bonds is 6. The quantitative estimate of drug-likeness (QED) is 0.160. The van der Waals surface area contributed by atoms with Crippen LogP contribution < -0.4 is 0 Å². The van der Waals surface area contributed by atoms with Crippen molar-refractivity contribution in [2.24, 2.45) is 0 Å². The third-order valence-corrected chi connectivity index (χ3v) is 11.7. The molecule has 11 rings (SSSR count). The molecule has 0 atom stereocenters. The van der Waals surface area contributed by atoms with Crippen molar-refractivity contribution < 1.29 is 0 Å². The van der Waals surface area contributed by atoms with Crippen molar-refractivity contribution in [2.75, 3.05) is 0 Å². The molecule has 0 spiro atoms. The van der Waals surface area contributed by atoms with Gasteiger partial charge in [-0.3, -0.25) is 0 Å². The van der Waals surface area contributed by atoms with Gasteiger partial charge in [0, 0.05) is 54.8 Å². The number of nitrogens with zero attached hydrogens (tertiary/aromatic N) is 4. The Morgan fingerprint density at radius 2 is 0.768 bits per heavy atom. The van der Waals surface area contributed by atoms with Crippen LogP contribution >= 0.6 is 0 Å². The van der Waals surface area contributed by atoms with Gasteiger partial charge >= 0.3 is 0 Å². The highest BCUT2D eigenvalue weighted by molar-refractivity contribution is 6.11. The molecule has 4 aromatic heterocycles. The summed E-state index contributed by atoms with van der Waals surface area (Å²) in [6.45, 7) is 4.43. The summed E-state index contributed by atoms with van der Waals surface area (Å²) in [6, 6.07) is 61.6. The largest absolute Gasteiger partial charge is 0.309 e.